The van der Waals surface area contributed by atoms with E-state index in [1.54, 1.807) is 12.1 Å². The Morgan fingerprint density at radius 2 is 2.14 bits per heavy atom. The van der Waals surface area contributed by atoms with Crippen LogP contribution in [0.2, 0.25) is 0 Å². The number of hydrogen-bond donors (Lipinski definition) is 1. The molecule has 1 atom stereocenters. The second-order valence-corrected chi connectivity index (χ2v) is 4.07. The number of pyridine rings is 1. The highest BCUT2D eigenvalue weighted by Crippen LogP contribution is 2.27. The van der Waals surface area contributed by atoms with Gasteiger partial charge in [-0.25, -0.2) is 0 Å². The maximum Gasteiger partial charge on any atom is 0.390 e. The summed E-state index contributed by atoms with van der Waals surface area (Å²) >= 11 is 2.00. The molecular weight excluding hydrogens is 308 g/mol. The summed E-state index contributed by atoms with van der Waals surface area (Å²) in [6.07, 6.45) is -3.84. The third-order valence-corrected chi connectivity index (χ3v) is 2.25. The van der Waals surface area contributed by atoms with E-state index in [0.717, 1.165) is 3.57 Å². The summed E-state index contributed by atoms with van der Waals surface area (Å²) in [5, 5.41) is 0. The lowest BCUT2D eigenvalue weighted by molar-refractivity contribution is -0.138. The minimum atomic E-state index is -4.25. The molecule has 0 spiro atoms. The molecule has 0 fully saturated rings. The van der Waals surface area contributed by atoms with Crippen LogP contribution in [0.5, 0.6) is 0 Å². The fraction of sp³-hybridized carbons (Fsp3) is 0.375. The minimum Gasteiger partial charge on any atom is -0.322 e. The van der Waals surface area contributed by atoms with Crippen LogP contribution in [0, 0.1) is 3.57 Å². The number of nitrogens with zero attached hydrogens (tertiary/aromatic N) is 1. The van der Waals surface area contributed by atoms with Gasteiger partial charge in [-0.05, 0) is 34.7 Å². The average molecular weight is 316 g/mol. The lowest BCUT2D eigenvalue weighted by atomic mass is 10.1. The number of nitrogens with two attached hydrogens (primary N) is 1. The average Bonchev–Trinajstić information content (AvgIpc) is 2.01. The lowest BCUT2D eigenvalue weighted by Gasteiger charge is -2.13. The summed E-state index contributed by atoms with van der Waals surface area (Å²) in [4.78, 5) is 3.79. The summed E-state index contributed by atoms with van der Waals surface area (Å²) < 4.78 is 36.8. The quantitative estimate of drug-likeness (QED) is 0.852. The van der Waals surface area contributed by atoms with E-state index in [4.69, 9.17) is 5.73 Å². The van der Waals surface area contributed by atoms with Crippen LogP contribution < -0.4 is 5.73 Å². The Morgan fingerprint density at radius 3 is 2.64 bits per heavy atom. The van der Waals surface area contributed by atoms with Crippen molar-refractivity contribution in [2.24, 2.45) is 5.73 Å². The van der Waals surface area contributed by atoms with E-state index in [-0.39, 0.29) is 5.69 Å². The maximum absolute atomic E-state index is 12.0. The van der Waals surface area contributed by atoms with Gasteiger partial charge in [0.1, 0.15) is 0 Å². The Hall–Kier alpha value is -0.370. The monoisotopic (exact) mass is 316 g/mol. The Labute approximate surface area is 92.8 Å². The number of rotatable bonds is 2. The highest BCUT2D eigenvalue weighted by molar-refractivity contribution is 14.1. The maximum atomic E-state index is 12.0. The van der Waals surface area contributed by atoms with Gasteiger partial charge in [-0.1, -0.05) is 0 Å². The number of aromatic nitrogens is 1. The topological polar surface area (TPSA) is 38.9 Å². The fourth-order valence-corrected chi connectivity index (χ4v) is 1.46. The normalized spacial score (nSPS) is 14.1. The standard InChI is InChI=1S/C8H8F3IN2/c9-8(10,11)4-6(13)7-3-5(12)1-2-14-7/h1-3,6H,4,13H2/t6-/m1/s1. The molecular formula is C8H8F3IN2. The summed E-state index contributed by atoms with van der Waals surface area (Å²) in [5.41, 5.74) is 5.64. The van der Waals surface area contributed by atoms with Crippen molar-refractivity contribution in [3.63, 3.8) is 0 Å². The van der Waals surface area contributed by atoms with E-state index < -0.39 is 18.6 Å². The molecule has 0 unspecified atom stereocenters. The van der Waals surface area contributed by atoms with E-state index in [2.05, 4.69) is 4.98 Å². The van der Waals surface area contributed by atoms with Crippen LogP contribution in [0.25, 0.3) is 0 Å². The Balaban J connectivity index is 2.74. The van der Waals surface area contributed by atoms with Gasteiger partial charge in [-0.2, -0.15) is 13.2 Å². The Kier molecular flexibility index (Phi) is 3.71. The van der Waals surface area contributed by atoms with Crippen LogP contribution in [0.3, 0.4) is 0 Å². The van der Waals surface area contributed by atoms with Crippen LogP contribution in [-0.2, 0) is 0 Å². The first-order chi connectivity index (χ1) is 6.38. The second kappa shape index (κ2) is 4.43. The SMILES string of the molecule is N[C@H](CC(F)(F)F)c1cc(I)ccn1. The zero-order valence-electron chi connectivity index (χ0n) is 7.05. The predicted octanol–water partition coefficient (Wildman–Crippen LogP) is 2.64. The molecule has 0 bridgehead atoms. The van der Waals surface area contributed by atoms with Gasteiger partial charge in [0.2, 0.25) is 0 Å². The molecule has 1 aromatic heterocycles. The predicted molar refractivity (Wildman–Crippen MR) is 54.6 cm³/mol. The van der Waals surface area contributed by atoms with E-state index in [1.807, 2.05) is 22.6 Å². The van der Waals surface area contributed by atoms with Crippen LogP contribution in [0.15, 0.2) is 18.3 Å². The van der Waals surface area contributed by atoms with Crippen LogP contribution >= 0.6 is 22.6 Å². The van der Waals surface area contributed by atoms with Crippen molar-refractivity contribution in [1.82, 2.24) is 4.98 Å². The fourth-order valence-electron chi connectivity index (χ4n) is 0.978. The molecule has 0 amide bonds. The van der Waals surface area contributed by atoms with E-state index in [9.17, 15) is 13.2 Å². The zero-order chi connectivity index (χ0) is 10.8. The molecule has 0 radical (unpaired) electrons. The van der Waals surface area contributed by atoms with E-state index in [1.165, 1.54) is 6.20 Å². The molecule has 0 saturated carbocycles. The molecule has 2 nitrogen and oxygen atoms in total. The molecule has 2 N–H and O–H groups in total. The molecule has 14 heavy (non-hydrogen) atoms. The number of hydrogen-bond acceptors (Lipinski definition) is 2. The molecule has 1 rings (SSSR count). The Bertz CT molecular complexity index is 314. The van der Waals surface area contributed by atoms with Gasteiger partial charge in [-0.15, -0.1) is 0 Å². The molecule has 1 aromatic rings. The first kappa shape index (κ1) is 11.7. The largest absolute Gasteiger partial charge is 0.390 e. The van der Waals surface area contributed by atoms with Gasteiger partial charge in [0.25, 0.3) is 0 Å². The third-order valence-electron chi connectivity index (χ3n) is 1.57. The zero-order valence-corrected chi connectivity index (χ0v) is 9.21. The van der Waals surface area contributed by atoms with Gasteiger partial charge < -0.3 is 5.73 Å². The van der Waals surface area contributed by atoms with Gasteiger partial charge in [-0.3, -0.25) is 4.98 Å². The van der Waals surface area contributed by atoms with Crippen molar-refractivity contribution >= 4 is 22.6 Å². The molecule has 0 aliphatic heterocycles. The van der Waals surface area contributed by atoms with Crippen molar-refractivity contribution in [3.05, 3.63) is 27.6 Å². The minimum absolute atomic E-state index is 0.272. The Morgan fingerprint density at radius 1 is 1.50 bits per heavy atom. The first-order valence-electron chi connectivity index (χ1n) is 3.82. The number of alkyl halides is 3. The molecule has 1 heterocycles. The summed E-state index contributed by atoms with van der Waals surface area (Å²) in [6.45, 7) is 0. The van der Waals surface area contributed by atoms with Gasteiger partial charge >= 0.3 is 6.18 Å². The van der Waals surface area contributed by atoms with Crippen molar-refractivity contribution in [1.29, 1.82) is 0 Å². The van der Waals surface area contributed by atoms with Gasteiger partial charge in [0.05, 0.1) is 18.2 Å². The van der Waals surface area contributed by atoms with Crippen molar-refractivity contribution in [2.45, 2.75) is 18.6 Å². The highest BCUT2D eigenvalue weighted by atomic mass is 127. The summed E-state index contributed by atoms with van der Waals surface area (Å²) in [5.74, 6) is 0. The lowest BCUT2D eigenvalue weighted by Crippen LogP contribution is -2.21. The van der Waals surface area contributed by atoms with E-state index >= 15 is 0 Å². The van der Waals surface area contributed by atoms with Crippen LogP contribution in [0.1, 0.15) is 18.2 Å². The van der Waals surface area contributed by atoms with Crippen LogP contribution in [-0.4, -0.2) is 11.2 Å². The van der Waals surface area contributed by atoms with Gasteiger partial charge in [0.15, 0.2) is 0 Å². The third kappa shape index (κ3) is 3.79. The molecule has 0 aliphatic rings. The van der Waals surface area contributed by atoms with E-state index in [0.29, 0.717) is 0 Å². The van der Waals surface area contributed by atoms with Gasteiger partial charge in [0, 0.05) is 9.77 Å². The summed E-state index contributed by atoms with van der Waals surface area (Å²) in [7, 11) is 0. The second-order valence-electron chi connectivity index (χ2n) is 2.82. The molecule has 78 valence electrons. The summed E-state index contributed by atoms with van der Waals surface area (Å²) in [6, 6.07) is 2.17. The molecule has 0 saturated heterocycles. The van der Waals surface area contributed by atoms with Crippen molar-refractivity contribution in [3.8, 4) is 0 Å². The highest BCUT2D eigenvalue weighted by Gasteiger charge is 2.31. The van der Waals surface area contributed by atoms with Crippen LogP contribution in [0.4, 0.5) is 13.2 Å². The van der Waals surface area contributed by atoms with Crippen molar-refractivity contribution in [2.75, 3.05) is 0 Å². The van der Waals surface area contributed by atoms with Crippen molar-refractivity contribution < 1.29 is 13.2 Å². The number of halogens is 4. The molecule has 0 aliphatic carbocycles. The molecule has 0 aromatic carbocycles. The first-order valence-corrected chi connectivity index (χ1v) is 4.90. The smallest absolute Gasteiger partial charge is 0.322 e. The molecule has 6 heteroatoms.